The van der Waals surface area contributed by atoms with Crippen LogP contribution in [0.5, 0.6) is 11.5 Å². The van der Waals surface area contributed by atoms with E-state index in [1.54, 1.807) is 54.6 Å². The molecule has 0 aliphatic carbocycles. The van der Waals surface area contributed by atoms with Gasteiger partial charge >= 0.3 is 5.97 Å². The summed E-state index contributed by atoms with van der Waals surface area (Å²) >= 11 is 5.92. The quantitative estimate of drug-likeness (QED) is 0.481. The van der Waals surface area contributed by atoms with Gasteiger partial charge in [-0.05, 0) is 42.0 Å². The molecule has 142 valence electrons. The number of benzene rings is 2. The van der Waals surface area contributed by atoms with Crippen molar-refractivity contribution in [2.24, 2.45) is 0 Å². The molecule has 0 fully saturated rings. The number of aromatic nitrogens is 1. The zero-order valence-electron chi connectivity index (χ0n) is 14.6. The number of ketones is 1. The minimum absolute atomic E-state index is 0.109. The molecule has 0 saturated carbocycles. The van der Waals surface area contributed by atoms with Crippen LogP contribution < -0.4 is 4.74 Å². The number of esters is 1. The molecule has 0 aliphatic rings. The number of carbonyl (C=O) groups excluding carboxylic acids is 2. The first-order valence-electron chi connectivity index (χ1n) is 8.34. The number of halogens is 1. The van der Waals surface area contributed by atoms with E-state index < -0.39 is 17.9 Å². The molecule has 1 heterocycles. The molecule has 0 spiro atoms. The highest BCUT2D eigenvalue weighted by molar-refractivity contribution is 6.35. The highest BCUT2D eigenvalue weighted by Crippen LogP contribution is 2.24. The number of carbonyl (C=O) groups is 2. The topological polar surface area (TPSA) is 85.7 Å². The molecule has 0 saturated heterocycles. The fraction of sp³-hybridized carbons (Fsp3) is 0.0952. The van der Waals surface area contributed by atoms with E-state index in [2.05, 4.69) is 4.98 Å². The predicted molar refractivity (Wildman–Crippen MR) is 102 cm³/mol. The Kier molecular flexibility index (Phi) is 6.37. The Labute approximate surface area is 166 Å². The van der Waals surface area contributed by atoms with Gasteiger partial charge in [-0.1, -0.05) is 35.9 Å². The number of Topliss-reactive ketones (excluding diaryl/α,β-unsaturated/α-hetero) is 1. The molecule has 28 heavy (non-hydrogen) atoms. The summed E-state index contributed by atoms with van der Waals surface area (Å²) < 4.78 is 10.7. The summed E-state index contributed by atoms with van der Waals surface area (Å²) in [6, 6.07) is 16.9. The van der Waals surface area contributed by atoms with E-state index in [-0.39, 0.29) is 12.2 Å². The van der Waals surface area contributed by atoms with Crippen LogP contribution in [-0.4, -0.2) is 21.8 Å². The van der Waals surface area contributed by atoms with Crippen LogP contribution in [0.25, 0.3) is 0 Å². The molecule has 0 bridgehead atoms. The van der Waals surface area contributed by atoms with Gasteiger partial charge in [0.1, 0.15) is 18.1 Å². The molecule has 7 heteroatoms. The lowest BCUT2D eigenvalue weighted by atomic mass is 10.1. The number of pyridine rings is 1. The van der Waals surface area contributed by atoms with Gasteiger partial charge in [0.2, 0.25) is 0 Å². The first-order valence-corrected chi connectivity index (χ1v) is 8.72. The Morgan fingerprint density at radius 2 is 1.82 bits per heavy atom. The first-order chi connectivity index (χ1) is 13.5. The van der Waals surface area contributed by atoms with Crippen molar-refractivity contribution < 1.29 is 24.2 Å². The fourth-order valence-electron chi connectivity index (χ4n) is 2.34. The van der Waals surface area contributed by atoms with Crippen LogP contribution in [0.15, 0.2) is 73.1 Å². The van der Waals surface area contributed by atoms with Crippen molar-refractivity contribution in [3.05, 3.63) is 89.2 Å². The van der Waals surface area contributed by atoms with Crippen molar-refractivity contribution in [2.45, 2.75) is 12.7 Å². The average molecular weight is 398 g/mol. The van der Waals surface area contributed by atoms with E-state index in [0.717, 1.165) is 0 Å². The number of hydrogen-bond acceptors (Lipinski definition) is 6. The lowest BCUT2D eigenvalue weighted by Crippen LogP contribution is -2.24. The smallest absolute Gasteiger partial charge is 0.378 e. The second kappa shape index (κ2) is 9.12. The molecular formula is C21H16ClNO5. The van der Waals surface area contributed by atoms with Crippen molar-refractivity contribution in [1.82, 2.24) is 4.98 Å². The highest BCUT2D eigenvalue weighted by atomic mass is 35.5. The van der Waals surface area contributed by atoms with Crippen LogP contribution in [0.1, 0.15) is 17.2 Å². The molecule has 1 aromatic heterocycles. The number of nitrogens with zero attached hydrogens (tertiary/aromatic N) is 1. The van der Waals surface area contributed by atoms with Gasteiger partial charge in [-0.2, -0.15) is 0 Å². The summed E-state index contributed by atoms with van der Waals surface area (Å²) in [5, 5.41) is 10.5. The number of ether oxygens (including phenoxy) is 2. The van der Waals surface area contributed by atoms with Crippen molar-refractivity contribution in [3.63, 3.8) is 0 Å². The van der Waals surface area contributed by atoms with Gasteiger partial charge in [0.15, 0.2) is 6.10 Å². The van der Waals surface area contributed by atoms with Crippen LogP contribution in [0.3, 0.4) is 0 Å². The summed E-state index contributed by atoms with van der Waals surface area (Å²) in [6.45, 7) is -0.109. The normalized spacial score (nSPS) is 11.5. The van der Waals surface area contributed by atoms with Crippen molar-refractivity contribution in [2.75, 3.05) is 0 Å². The summed E-state index contributed by atoms with van der Waals surface area (Å²) in [5.41, 5.74) is 0.891. The molecule has 0 aliphatic heterocycles. The van der Waals surface area contributed by atoms with Gasteiger partial charge in [0.25, 0.3) is 5.78 Å². The summed E-state index contributed by atoms with van der Waals surface area (Å²) in [4.78, 5) is 27.6. The van der Waals surface area contributed by atoms with Gasteiger partial charge in [-0.15, -0.1) is 0 Å². The third-order valence-corrected chi connectivity index (χ3v) is 4.01. The number of aliphatic hydroxyl groups excluding tert-OH is 1. The molecule has 0 radical (unpaired) electrons. The minimum Gasteiger partial charge on any atom is -0.457 e. The van der Waals surface area contributed by atoms with Crippen LogP contribution in [0.4, 0.5) is 0 Å². The van der Waals surface area contributed by atoms with E-state index in [4.69, 9.17) is 21.1 Å². The molecule has 3 aromatic rings. The van der Waals surface area contributed by atoms with E-state index in [9.17, 15) is 14.7 Å². The standard InChI is InChI=1S/C21H16ClNO5/c22-16-4-1-5-18(11-16)28-17-8-6-14(7-9-17)13-27-21(26)20(25)19(24)15-3-2-10-23-12-15/h1-12,19,24H,13H2. The molecule has 1 atom stereocenters. The van der Waals surface area contributed by atoms with E-state index in [0.29, 0.717) is 22.1 Å². The maximum atomic E-state index is 12.0. The Balaban J connectivity index is 1.54. The Morgan fingerprint density at radius 3 is 2.50 bits per heavy atom. The van der Waals surface area contributed by atoms with Crippen LogP contribution >= 0.6 is 11.6 Å². The maximum absolute atomic E-state index is 12.0. The summed E-state index contributed by atoms with van der Waals surface area (Å²) in [6.07, 6.45) is 1.21. The van der Waals surface area contributed by atoms with Gasteiger partial charge < -0.3 is 14.6 Å². The maximum Gasteiger partial charge on any atom is 0.378 e. The largest absolute Gasteiger partial charge is 0.457 e. The molecule has 0 amide bonds. The van der Waals surface area contributed by atoms with Gasteiger partial charge in [-0.25, -0.2) is 4.79 Å². The van der Waals surface area contributed by atoms with Crippen molar-refractivity contribution >= 4 is 23.4 Å². The monoisotopic (exact) mass is 397 g/mol. The summed E-state index contributed by atoms with van der Waals surface area (Å²) in [7, 11) is 0. The minimum atomic E-state index is -1.60. The molecular weight excluding hydrogens is 382 g/mol. The highest BCUT2D eigenvalue weighted by Gasteiger charge is 2.26. The first kappa shape index (κ1) is 19.5. The molecule has 3 rings (SSSR count). The average Bonchev–Trinajstić information content (AvgIpc) is 2.72. The zero-order chi connectivity index (χ0) is 19.9. The third-order valence-electron chi connectivity index (χ3n) is 3.77. The van der Waals surface area contributed by atoms with Crippen LogP contribution in [0, 0.1) is 0 Å². The van der Waals surface area contributed by atoms with E-state index in [1.165, 1.54) is 18.5 Å². The predicted octanol–water partition coefficient (Wildman–Crippen LogP) is 3.87. The van der Waals surface area contributed by atoms with Crippen molar-refractivity contribution in [3.8, 4) is 11.5 Å². The van der Waals surface area contributed by atoms with Crippen LogP contribution in [0.2, 0.25) is 5.02 Å². The molecule has 2 aromatic carbocycles. The number of aliphatic hydroxyl groups is 1. The Bertz CT molecular complexity index is 960. The van der Waals surface area contributed by atoms with Gasteiger partial charge in [0.05, 0.1) is 0 Å². The second-order valence-electron chi connectivity index (χ2n) is 5.83. The third kappa shape index (κ3) is 5.16. The molecule has 1 unspecified atom stereocenters. The van der Waals surface area contributed by atoms with E-state index >= 15 is 0 Å². The Morgan fingerprint density at radius 1 is 1.04 bits per heavy atom. The fourth-order valence-corrected chi connectivity index (χ4v) is 2.52. The van der Waals surface area contributed by atoms with Crippen molar-refractivity contribution in [1.29, 1.82) is 0 Å². The summed E-state index contributed by atoms with van der Waals surface area (Å²) in [5.74, 6) is -0.980. The van der Waals surface area contributed by atoms with Crippen LogP contribution in [-0.2, 0) is 20.9 Å². The Hall–Kier alpha value is -3.22. The SMILES string of the molecule is O=C(OCc1ccc(Oc2cccc(Cl)c2)cc1)C(=O)C(O)c1cccnc1. The lowest BCUT2D eigenvalue weighted by molar-refractivity contribution is -0.158. The van der Waals surface area contributed by atoms with Gasteiger partial charge in [-0.3, -0.25) is 9.78 Å². The second-order valence-corrected chi connectivity index (χ2v) is 6.27. The molecule has 6 nitrogen and oxygen atoms in total. The lowest BCUT2D eigenvalue weighted by Gasteiger charge is -2.10. The van der Waals surface area contributed by atoms with Gasteiger partial charge in [0, 0.05) is 23.0 Å². The molecule has 1 N–H and O–H groups in total. The van der Waals surface area contributed by atoms with E-state index in [1.807, 2.05) is 0 Å². The zero-order valence-corrected chi connectivity index (χ0v) is 15.4. The number of rotatable bonds is 7. The number of hydrogen-bond donors (Lipinski definition) is 1.